The second-order valence-corrected chi connectivity index (χ2v) is 5.45. The Kier molecular flexibility index (Phi) is 3.77. The zero-order valence-electron chi connectivity index (χ0n) is 11.2. The molecule has 1 amide bonds. The van der Waals surface area contributed by atoms with Crippen molar-refractivity contribution in [2.45, 2.75) is 38.3 Å². The van der Waals surface area contributed by atoms with Crippen molar-refractivity contribution in [3.63, 3.8) is 0 Å². The van der Waals surface area contributed by atoms with Crippen LogP contribution in [-0.2, 0) is 11.3 Å². The normalized spacial score (nSPS) is 25.2. The SMILES string of the molecule is O=C1CCCN1[C@@H]1CCCN(CCn2cncn2)C1. The van der Waals surface area contributed by atoms with Gasteiger partial charge in [-0.25, -0.2) is 4.98 Å². The van der Waals surface area contributed by atoms with Crippen LogP contribution in [-0.4, -0.2) is 62.7 Å². The number of piperidine rings is 1. The van der Waals surface area contributed by atoms with Gasteiger partial charge in [0.1, 0.15) is 12.7 Å². The molecule has 0 aromatic carbocycles. The smallest absolute Gasteiger partial charge is 0.222 e. The average molecular weight is 263 g/mol. The number of carbonyl (C=O) groups excluding carboxylic acids is 1. The molecule has 2 aliphatic heterocycles. The van der Waals surface area contributed by atoms with Gasteiger partial charge >= 0.3 is 0 Å². The minimum atomic E-state index is 0.350. The van der Waals surface area contributed by atoms with Crippen molar-refractivity contribution < 1.29 is 4.79 Å². The van der Waals surface area contributed by atoms with Crippen LogP contribution in [0.3, 0.4) is 0 Å². The molecule has 0 N–H and O–H groups in total. The minimum absolute atomic E-state index is 0.350. The van der Waals surface area contributed by atoms with E-state index < -0.39 is 0 Å². The number of likely N-dealkylation sites (tertiary alicyclic amines) is 2. The fourth-order valence-corrected chi connectivity index (χ4v) is 3.14. The van der Waals surface area contributed by atoms with E-state index in [0.29, 0.717) is 11.9 Å². The van der Waals surface area contributed by atoms with E-state index in [4.69, 9.17) is 0 Å². The lowest BCUT2D eigenvalue weighted by Crippen LogP contribution is -2.49. The van der Waals surface area contributed by atoms with E-state index in [9.17, 15) is 4.79 Å². The minimum Gasteiger partial charge on any atom is -0.338 e. The summed E-state index contributed by atoms with van der Waals surface area (Å²) in [4.78, 5) is 20.3. The summed E-state index contributed by atoms with van der Waals surface area (Å²) in [5.41, 5.74) is 0. The molecule has 19 heavy (non-hydrogen) atoms. The summed E-state index contributed by atoms with van der Waals surface area (Å²) in [5, 5.41) is 4.12. The molecule has 1 atom stereocenters. The van der Waals surface area contributed by atoms with E-state index in [1.165, 1.54) is 6.42 Å². The fourth-order valence-electron chi connectivity index (χ4n) is 3.14. The summed E-state index contributed by atoms with van der Waals surface area (Å²) < 4.78 is 1.87. The molecular weight excluding hydrogens is 242 g/mol. The van der Waals surface area contributed by atoms with Crippen LogP contribution in [0.15, 0.2) is 12.7 Å². The lowest BCUT2D eigenvalue weighted by atomic mass is 10.0. The first kappa shape index (κ1) is 12.6. The van der Waals surface area contributed by atoms with Crippen molar-refractivity contribution in [1.29, 1.82) is 0 Å². The van der Waals surface area contributed by atoms with Crippen LogP contribution >= 0.6 is 0 Å². The van der Waals surface area contributed by atoms with E-state index >= 15 is 0 Å². The second kappa shape index (κ2) is 5.69. The summed E-state index contributed by atoms with van der Waals surface area (Å²) in [5.74, 6) is 0.350. The molecule has 6 nitrogen and oxygen atoms in total. The maximum Gasteiger partial charge on any atom is 0.222 e. The predicted molar refractivity (Wildman–Crippen MR) is 70.4 cm³/mol. The highest BCUT2D eigenvalue weighted by molar-refractivity contribution is 5.78. The third-order valence-electron chi connectivity index (χ3n) is 4.14. The zero-order chi connectivity index (χ0) is 13.1. The molecule has 0 saturated carbocycles. The Morgan fingerprint density at radius 3 is 2.95 bits per heavy atom. The summed E-state index contributed by atoms with van der Waals surface area (Å²) in [7, 11) is 0. The lowest BCUT2D eigenvalue weighted by molar-refractivity contribution is -0.130. The Bertz CT molecular complexity index is 419. The number of nitrogens with zero attached hydrogens (tertiary/aromatic N) is 5. The predicted octanol–water partition coefficient (Wildman–Crippen LogP) is 0.365. The Labute approximate surface area is 113 Å². The van der Waals surface area contributed by atoms with Gasteiger partial charge in [0.15, 0.2) is 0 Å². The number of amides is 1. The quantitative estimate of drug-likeness (QED) is 0.787. The van der Waals surface area contributed by atoms with Gasteiger partial charge in [0, 0.05) is 32.1 Å². The van der Waals surface area contributed by atoms with Gasteiger partial charge in [-0.1, -0.05) is 0 Å². The molecule has 2 aliphatic rings. The van der Waals surface area contributed by atoms with Gasteiger partial charge in [0.2, 0.25) is 5.91 Å². The van der Waals surface area contributed by atoms with Crippen LogP contribution in [0.5, 0.6) is 0 Å². The van der Waals surface area contributed by atoms with Crippen LogP contribution < -0.4 is 0 Å². The lowest BCUT2D eigenvalue weighted by Gasteiger charge is -2.37. The van der Waals surface area contributed by atoms with Gasteiger partial charge in [-0.3, -0.25) is 14.4 Å². The molecular formula is C13H21N5O. The van der Waals surface area contributed by atoms with Gasteiger partial charge in [-0.2, -0.15) is 5.10 Å². The molecule has 6 heteroatoms. The molecule has 0 spiro atoms. The van der Waals surface area contributed by atoms with Gasteiger partial charge < -0.3 is 4.90 Å². The highest BCUT2D eigenvalue weighted by Crippen LogP contribution is 2.21. The van der Waals surface area contributed by atoms with Gasteiger partial charge in [-0.15, -0.1) is 0 Å². The third kappa shape index (κ3) is 2.94. The number of aromatic nitrogens is 3. The molecule has 3 rings (SSSR count). The van der Waals surface area contributed by atoms with Crippen molar-refractivity contribution in [3.05, 3.63) is 12.7 Å². The molecule has 0 bridgehead atoms. The summed E-state index contributed by atoms with van der Waals surface area (Å²) >= 11 is 0. The third-order valence-corrected chi connectivity index (χ3v) is 4.14. The van der Waals surface area contributed by atoms with Crippen molar-refractivity contribution in [3.8, 4) is 0 Å². The number of hydrogen-bond donors (Lipinski definition) is 0. The first-order valence-electron chi connectivity index (χ1n) is 7.17. The summed E-state index contributed by atoms with van der Waals surface area (Å²) in [6, 6.07) is 0.430. The van der Waals surface area contributed by atoms with Crippen molar-refractivity contribution >= 4 is 5.91 Å². The van der Waals surface area contributed by atoms with Gasteiger partial charge in [-0.05, 0) is 25.8 Å². The van der Waals surface area contributed by atoms with Crippen LogP contribution in [0, 0.1) is 0 Å². The van der Waals surface area contributed by atoms with Gasteiger partial charge in [0.25, 0.3) is 0 Å². The molecule has 1 aromatic rings. The number of hydrogen-bond acceptors (Lipinski definition) is 4. The summed E-state index contributed by atoms with van der Waals surface area (Å²) in [6.07, 6.45) is 7.45. The van der Waals surface area contributed by atoms with E-state index in [1.807, 2.05) is 4.68 Å². The highest BCUT2D eigenvalue weighted by atomic mass is 16.2. The highest BCUT2D eigenvalue weighted by Gasteiger charge is 2.30. The Balaban J connectivity index is 1.51. The Morgan fingerprint density at radius 2 is 2.21 bits per heavy atom. The molecule has 2 fully saturated rings. The number of rotatable bonds is 4. The van der Waals surface area contributed by atoms with E-state index in [-0.39, 0.29) is 0 Å². The molecule has 0 unspecified atom stereocenters. The monoisotopic (exact) mass is 263 g/mol. The molecule has 104 valence electrons. The largest absolute Gasteiger partial charge is 0.338 e. The fraction of sp³-hybridized carbons (Fsp3) is 0.769. The van der Waals surface area contributed by atoms with Crippen LogP contribution in [0.4, 0.5) is 0 Å². The van der Waals surface area contributed by atoms with E-state index in [1.54, 1.807) is 12.7 Å². The van der Waals surface area contributed by atoms with Crippen molar-refractivity contribution in [2.24, 2.45) is 0 Å². The van der Waals surface area contributed by atoms with Crippen LogP contribution in [0.25, 0.3) is 0 Å². The summed E-state index contributed by atoms with van der Waals surface area (Å²) in [6.45, 7) is 4.97. The topological polar surface area (TPSA) is 54.3 Å². The van der Waals surface area contributed by atoms with E-state index in [0.717, 1.165) is 52.0 Å². The molecule has 2 saturated heterocycles. The molecule has 3 heterocycles. The maximum absolute atomic E-state index is 11.8. The van der Waals surface area contributed by atoms with E-state index in [2.05, 4.69) is 19.9 Å². The van der Waals surface area contributed by atoms with Crippen LogP contribution in [0.1, 0.15) is 25.7 Å². The van der Waals surface area contributed by atoms with Crippen molar-refractivity contribution in [1.82, 2.24) is 24.6 Å². The standard InChI is InChI=1S/C13H21N5O/c19-13-4-2-6-18(13)12-3-1-5-16(9-12)7-8-17-11-14-10-15-17/h10-12H,1-9H2/t12-/m1/s1. The zero-order valence-corrected chi connectivity index (χ0v) is 11.2. The Morgan fingerprint density at radius 1 is 1.26 bits per heavy atom. The molecule has 0 radical (unpaired) electrons. The molecule has 0 aliphatic carbocycles. The maximum atomic E-state index is 11.8. The second-order valence-electron chi connectivity index (χ2n) is 5.45. The number of carbonyl (C=O) groups is 1. The van der Waals surface area contributed by atoms with Crippen molar-refractivity contribution in [2.75, 3.05) is 26.2 Å². The first-order chi connectivity index (χ1) is 9.33. The Hall–Kier alpha value is -1.43. The molecule has 1 aromatic heterocycles. The van der Waals surface area contributed by atoms with Crippen LogP contribution in [0.2, 0.25) is 0 Å². The van der Waals surface area contributed by atoms with Gasteiger partial charge in [0.05, 0.1) is 6.54 Å². The average Bonchev–Trinajstić information content (AvgIpc) is 3.08. The first-order valence-corrected chi connectivity index (χ1v) is 7.17.